The Bertz CT molecular complexity index is 361. The van der Waals surface area contributed by atoms with E-state index in [1.165, 1.54) is 0 Å². The highest BCUT2D eigenvalue weighted by molar-refractivity contribution is 8.35. The summed E-state index contributed by atoms with van der Waals surface area (Å²) in [4.78, 5) is 4.24. The first-order valence-electron chi connectivity index (χ1n) is 4.64. The van der Waals surface area contributed by atoms with Crippen LogP contribution in [-0.2, 0) is 0 Å². The van der Waals surface area contributed by atoms with Crippen molar-refractivity contribution in [1.82, 2.24) is 9.55 Å². The number of rotatable bonds is 1. The molecule has 3 heteroatoms. The van der Waals surface area contributed by atoms with Gasteiger partial charge >= 0.3 is 0 Å². The monoisotopic (exact) mass is 210 g/mol. The van der Waals surface area contributed by atoms with Crippen LogP contribution in [0.25, 0.3) is 0 Å². The summed E-state index contributed by atoms with van der Waals surface area (Å²) < 4.78 is 2.10. The number of imidazole rings is 1. The Labute approximate surface area is 88.0 Å². The molecule has 0 unspecified atom stereocenters. The van der Waals surface area contributed by atoms with Crippen LogP contribution >= 0.6 is 10.0 Å². The Morgan fingerprint density at radius 3 is 2.50 bits per heavy atom. The predicted molar refractivity (Wildman–Crippen MR) is 64.9 cm³/mol. The van der Waals surface area contributed by atoms with Crippen molar-refractivity contribution in [2.75, 3.05) is 18.8 Å². The molecular formula is C11H18N2S. The van der Waals surface area contributed by atoms with Crippen LogP contribution in [-0.4, -0.2) is 28.3 Å². The molecule has 1 aromatic heterocycles. The molecule has 78 valence electrons. The van der Waals surface area contributed by atoms with Gasteiger partial charge in [0.05, 0.1) is 0 Å². The Morgan fingerprint density at radius 2 is 2.00 bits per heavy atom. The number of hydrogen-bond donors (Lipinski definition) is 0. The van der Waals surface area contributed by atoms with E-state index in [4.69, 9.17) is 0 Å². The fourth-order valence-corrected chi connectivity index (χ4v) is 1.42. The molecule has 0 aliphatic heterocycles. The van der Waals surface area contributed by atoms with Gasteiger partial charge in [0.1, 0.15) is 0 Å². The van der Waals surface area contributed by atoms with Gasteiger partial charge in [-0.1, -0.05) is 0 Å². The van der Waals surface area contributed by atoms with Crippen molar-refractivity contribution in [3.8, 4) is 11.2 Å². The maximum atomic E-state index is 4.24. The fourth-order valence-electron chi connectivity index (χ4n) is 1.03. The smallest absolute Gasteiger partial charge is 0.186 e. The molecule has 0 fully saturated rings. The standard InChI is InChI=1S/C11H18N2S/c1-10(2)13-8-7-12-11(13)6-9-14(3,4)5/h7-8,10H,1-5H3. The summed E-state index contributed by atoms with van der Waals surface area (Å²) in [7, 11) is -0.757. The minimum Gasteiger partial charge on any atom is -0.322 e. The lowest BCUT2D eigenvalue weighted by Gasteiger charge is -2.15. The number of hydrogen-bond acceptors (Lipinski definition) is 1. The van der Waals surface area contributed by atoms with Gasteiger partial charge in [-0.15, -0.1) is 0 Å². The molecule has 0 aliphatic rings. The van der Waals surface area contributed by atoms with E-state index < -0.39 is 10.0 Å². The van der Waals surface area contributed by atoms with E-state index in [9.17, 15) is 0 Å². The van der Waals surface area contributed by atoms with Gasteiger partial charge in [-0.3, -0.25) is 0 Å². The molecule has 1 rings (SSSR count). The van der Waals surface area contributed by atoms with E-state index in [0.29, 0.717) is 6.04 Å². The van der Waals surface area contributed by atoms with Crippen LogP contribution in [0.4, 0.5) is 0 Å². The molecular weight excluding hydrogens is 192 g/mol. The SMILES string of the molecule is CC(C)n1ccnc1C#CS(C)(C)C. The second-order valence-corrected chi connectivity index (χ2v) is 8.19. The highest BCUT2D eigenvalue weighted by atomic mass is 32.3. The average molecular weight is 210 g/mol. The zero-order valence-corrected chi connectivity index (χ0v) is 10.4. The second kappa shape index (κ2) is 4.10. The number of aromatic nitrogens is 2. The predicted octanol–water partition coefficient (Wildman–Crippen LogP) is 2.47. The van der Waals surface area contributed by atoms with Crippen molar-refractivity contribution in [2.24, 2.45) is 0 Å². The van der Waals surface area contributed by atoms with Gasteiger partial charge in [-0.2, -0.15) is 10.0 Å². The van der Waals surface area contributed by atoms with Crippen molar-refractivity contribution in [3.05, 3.63) is 18.2 Å². The van der Waals surface area contributed by atoms with Gasteiger partial charge in [0.15, 0.2) is 5.82 Å². The largest absolute Gasteiger partial charge is 0.322 e. The Hall–Kier alpha value is -0.880. The molecule has 0 spiro atoms. The highest BCUT2D eigenvalue weighted by Crippen LogP contribution is 2.32. The Kier molecular flexibility index (Phi) is 3.28. The second-order valence-electron chi connectivity index (χ2n) is 4.32. The summed E-state index contributed by atoms with van der Waals surface area (Å²) in [5.41, 5.74) is 0. The maximum Gasteiger partial charge on any atom is 0.186 e. The van der Waals surface area contributed by atoms with Crippen LogP contribution < -0.4 is 0 Å². The number of nitrogens with zero attached hydrogens (tertiary/aromatic N) is 2. The zero-order chi connectivity index (χ0) is 10.8. The summed E-state index contributed by atoms with van der Waals surface area (Å²) in [5.74, 6) is 4.03. The molecule has 0 atom stereocenters. The molecule has 1 heterocycles. The first kappa shape index (κ1) is 11.2. The third-order valence-electron chi connectivity index (χ3n) is 1.69. The molecule has 14 heavy (non-hydrogen) atoms. The molecule has 0 saturated carbocycles. The van der Waals surface area contributed by atoms with E-state index >= 15 is 0 Å². The third-order valence-corrected chi connectivity index (χ3v) is 2.41. The summed E-state index contributed by atoms with van der Waals surface area (Å²) in [6.07, 6.45) is 10.3. The van der Waals surface area contributed by atoms with Gasteiger partial charge in [0, 0.05) is 18.4 Å². The van der Waals surface area contributed by atoms with E-state index in [1.807, 2.05) is 12.4 Å². The molecule has 0 aromatic carbocycles. The molecule has 2 nitrogen and oxygen atoms in total. The molecule has 0 N–H and O–H groups in total. The van der Waals surface area contributed by atoms with E-state index in [-0.39, 0.29) is 0 Å². The quantitative estimate of drug-likeness (QED) is 0.651. The normalized spacial score (nSPS) is 12.4. The molecule has 0 aliphatic carbocycles. The van der Waals surface area contributed by atoms with Gasteiger partial charge in [-0.05, 0) is 43.8 Å². The first-order valence-corrected chi connectivity index (χ1v) is 7.50. The lowest BCUT2D eigenvalue weighted by molar-refractivity contribution is 0.593. The van der Waals surface area contributed by atoms with Crippen LogP contribution in [0.2, 0.25) is 0 Å². The third kappa shape index (κ3) is 3.12. The Balaban J connectivity index is 2.96. The van der Waals surface area contributed by atoms with Crippen molar-refractivity contribution in [3.63, 3.8) is 0 Å². The van der Waals surface area contributed by atoms with Crippen molar-refractivity contribution in [1.29, 1.82) is 0 Å². The highest BCUT2D eigenvalue weighted by Gasteiger charge is 2.03. The summed E-state index contributed by atoms with van der Waals surface area (Å²) in [6, 6.07) is 0.428. The van der Waals surface area contributed by atoms with Crippen molar-refractivity contribution < 1.29 is 0 Å². The molecule has 1 aromatic rings. The summed E-state index contributed by atoms with van der Waals surface area (Å²) >= 11 is 0. The summed E-state index contributed by atoms with van der Waals surface area (Å²) in [6.45, 7) is 4.27. The van der Waals surface area contributed by atoms with Crippen LogP contribution in [0, 0.1) is 11.2 Å². The van der Waals surface area contributed by atoms with E-state index in [2.05, 4.69) is 53.3 Å². The van der Waals surface area contributed by atoms with Crippen LogP contribution in [0.15, 0.2) is 12.4 Å². The van der Waals surface area contributed by atoms with Crippen molar-refractivity contribution >= 4 is 10.0 Å². The zero-order valence-electron chi connectivity index (χ0n) is 9.53. The van der Waals surface area contributed by atoms with Crippen LogP contribution in [0.3, 0.4) is 0 Å². The minimum atomic E-state index is -0.757. The summed E-state index contributed by atoms with van der Waals surface area (Å²) in [5, 5.41) is 3.27. The topological polar surface area (TPSA) is 17.8 Å². The van der Waals surface area contributed by atoms with E-state index in [0.717, 1.165) is 5.82 Å². The maximum absolute atomic E-state index is 4.24. The molecule has 0 amide bonds. The van der Waals surface area contributed by atoms with Crippen LogP contribution in [0.5, 0.6) is 0 Å². The van der Waals surface area contributed by atoms with Gasteiger partial charge in [0.25, 0.3) is 0 Å². The average Bonchev–Trinajstić information content (AvgIpc) is 2.46. The lowest BCUT2D eigenvalue weighted by Crippen LogP contribution is -2.02. The fraction of sp³-hybridized carbons (Fsp3) is 0.545. The van der Waals surface area contributed by atoms with Gasteiger partial charge in [0.2, 0.25) is 0 Å². The van der Waals surface area contributed by atoms with Crippen molar-refractivity contribution in [2.45, 2.75) is 19.9 Å². The minimum absolute atomic E-state index is 0.428. The lowest BCUT2D eigenvalue weighted by atomic mass is 10.4. The van der Waals surface area contributed by atoms with Crippen LogP contribution in [0.1, 0.15) is 25.7 Å². The first-order chi connectivity index (χ1) is 6.40. The van der Waals surface area contributed by atoms with E-state index in [1.54, 1.807) is 0 Å². The Morgan fingerprint density at radius 1 is 1.36 bits per heavy atom. The molecule has 0 saturated heterocycles. The van der Waals surface area contributed by atoms with Gasteiger partial charge in [-0.25, -0.2) is 4.98 Å². The molecule has 0 bridgehead atoms. The van der Waals surface area contributed by atoms with Gasteiger partial charge < -0.3 is 4.57 Å². The molecule has 0 radical (unpaired) electrons.